The average molecular weight is 181 g/mol. The molecule has 2 fully saturated rings. The van der Waals surface area contributed by atoms with Crippen molar-refractivity contribution in [3.63, 3.8) is 0 Å². The molecule has 2 aliphatic rings. The fourth-order valence-corrected chi connectivity index (χ4v) is 3.54. The first-order valence-electron chi connectivity index (χ1n) is 5.22. The van der Waals surface area contributed by atoms with Gasteiger partial charge in [0.2, 0.25) is 6.41 Å². The molecule has 13 heavy (non-hydrogen) atoms. The summed E-state index contributed by atoms with van der Waals surface area (Å²) in [5.41, 5.74) is 0.742. The van der Waals surface area contributed by atoms with Gasteiger partial charge in [-0.2, -0.15) is 0 Å². The van der Waals surface area contributed by atoms with E-state index in [4.69, 9.17) is 0 Å². The third-order valence-corrected chi connectivity index (χ3v) is 5.06. The lowest BCUT2D eigenvalue weighted by Gasteiger charge is -2.38. The molecule has 2 nitrogen and oxygen atoms in total. The highest BCUT2D eigenvalue weighted by molar-refractivity contribution is 5.47. The fourth-order valence-electron chi connectivity index (χ4n) is 3.54. The van der Waals surface area contributed by atoms with Gasteiger partial charge in [0.15, 0.2) is 0 Å². The molecule has 2 bridgehead atoms. The third-order valence-electron chi connectivity index (χ3n) is 5.06. The van der Waals surface area contributed by atoms with Crippen LogP contribution < -0.4 is 5.32 Å². The monoisotopic (exact) mass is 181 g/mol. The molecule has 0 heterocycles. The van der Waals surface area contributed by atoms with Gasteiger partial charge < -0.3 is 5.32 Å². The van der Waals surface area contributed by atoms with Crippen LogP contribution in [0.3, 0.4) is 0 Å². The Hall–Kier alpha value is -0.530. The Kier molecular flexibility index (Phi) is 1.73. The Balaban J connectivity index is 2.27. The summed E-state index contributed by atoms with van der Waals surface area (Å²) in [5.74, 6) is 0.815. The fraction of sp³-hybridized carbons (Fsp3) is 0.909. The predicted molar refractivity (Wildman–Crippen MR) is 52.2 cm³/mol. The van der Waals surface area contributed by atoms with Crippen LogP contribution in [-0.2, 0) is 4.79 Å². The summed E-state index contributed by atoms with van der Waals surface area (Å²) in [6, 6.07) is 0.416. The van der Waals surface area contributed by atoms with Crippen molar-refractivity contribution in [1.82, 2.24) is 5.32 Å². The van der Waals surface area contributed by atoms with Gasteiger partial charge >= 0.3 is 0 Å². The Bertz CT molecular complexity index is 236. The molecule has 0 aromatic heterocycles. The summed E-state index contributed by atoms with van der Waals surface area (Å²) in [4.78, 5) is 10.5. The van der Waals surface area contributed by atoms with Gasteiger partial charge in [-0.3, -0.25) is 4.79 Å². The molecular weight excluding hydrogens is 162 g/mol. The van der Waals surface area contributed by atoms with Crippen LogP contribution in [0, 0.1) is 16.7 Å². The van der Waals surface area contributed by atoms with E-state index in [1.54, 1.807) is 0 Å². The maximum atomic E-state index is 10.5. The number of rotatable bonds is 2. The highest BCUT2D eigenvalue weighted by atomic mass is 16.1. The molecule has 0 aliphatic heterocycles. The second kappa shape index (κ2) is 2.49. The lowest BCUT2D eigenvalue weighted by atomic mass is 9.69. The lowest BCUT2D eigenvalue weighted by molar-refractivity contribution is -0.111. The maximum absolute atomic E-state index is 10.5. The number of nitrogens with one attached hydrogen (secondary N) is 1. The molecule has 0 aromatic rings. The van der Waals surface area contributed by atoms with Crippen molar-refractivity contribution in [2.45, 2.75) is 46.1 Å². The standard InChI is InChI=1S/C11H19NO/c1-10(2)8-4-5-11(10,3)9(6-8)12-7-13/h7-9H,4-6H2,1-3H3,(H,12,13)/t8-,9-,11-/m0/s1. The Labute approximate surface area is 80.1 Å². The van der Waals surface area contributed by atoms with Gasteiger partial charge in [-0.15, -0.1) is 0 Å². The summed E-state index contributed by atoms with van der Waals surface area (Å²) < 4.78 is 0. The highest BCUT2D eigenvalue weighted by Gasteiger charge is 2.61. The van der Waals surface area contributed by atoms with Crippen LogP contribution in [0.4, 0.5) is 0 Å². The minimum atomic E-state index is 0.332. The van der Waals surface area contributed by atoms with Crippen molar-refractivity contribution < 1.29 is 4.79 Å². The molecule has 0 radical (unpaired) electrons. The van der Waals surface area contributed by atoms with E-state index in [2.05, 4.69) is 26.1 Å². The minimum absolute atomic E-state index is 0.332. The molecule has 0 unspecified atom stereocenters. The van der Waals surface area contributed by atoms with Crippen molar-refractivity contribution in [2.24, 2.45) is 16.7 Å². The summed E-state index contributed by atoms with van der Waals surface area (Å²) in [5, 5.41) is 2.99. The van der Waals surface area contributed by atoms with Gasteiger partial charge in [0.25, 0.3) is 0 Å². The van der Waals surface area contributed by atoms with Gasteiger partial charge in [0.05, 0.1) is 0 Å². The van der Waals surface area contributed by atoms with Crippen molar-refractivity contribution in [1.29, 1.82) is 0 Å². The van der Waals surface area contributed by atoms with Gasteiger partial charge in [-0.25, -0.2) is 0 Å². The van der Waals surface area contributed by atoms with Crippen LogP contribution in [0.5, 0.6) is 0 Å². The average Bonchev–Trinajstić information content (AvgIpc) is 2.37. The third kappa shape index (κ3) is 0.918. The summed E-state index contributed by atoms with van der Waals surface area (Å²) in [7, 11) is 0. The zero-order valence-electron chi connectivity index (χ0n) is 8.76. The first kappa shape index (κ1) is 9.04. The number of carbonyl (C=O) groups excluding carboxylic acids is 1. The molecule has 0 saturated heterocycles. The van der Waals surface area contributed by atoms with Crippen LogP contribution in [0.1, 0.15) is 40.0 Å². The van der Waals surface area contributed by atoms with E-state index >= 15 is 0 Å². The van der Waals surface area contributed by atoms with Gasteiger partial charge in [-0.1, -0.05) is 20.8 Å². The Morgan fingerprint density at radius 3 is 2.46 bits per heavy atom. The number of fused-ring (bicyclic) bond motifs is 2. The molecule has 0 aromatic carbocycles. The number of amides is 1. The SMILES string of the molecule is CC1(C)[C@H]2CC[C@@]1(C)[C@@H](NC=O)C2. The van der Waals surface area contributed by atoms with E-state index < -0.39 is 0 Å². The molecule has 2 rings (SSSR count). The molecular formula is C11H19NO. The topological polar surface area (TPSA) is 29.1 Å². The Morgan fingerprint density at radius 2 is 2.08 bits per heavy atom. The van der Waals surface area contributed by atoms with Crippen LogP contribution in [-0.4, -0.2) is 12.5 Å². The number of hydrogen-bond donors (Lipinski definition) is 1. The summed E-state index contributed by atoms with van der Waals surface area (Å²) in [6.45, 7) is 7.05. The second-order valence-corrected chi connectivity index (χ2v) is 5.45. The molecule has 1 amide bonds. The van der Waals surface area contributed by atoms with E-state index in [1.165, 1.54) is 19.3 Å². The van der Waals surface area contributed by atoms with Gasteiger partial charge in [-0.05, 0) is 36.0 Å². The van der Waals surface area contributed by atoms with Crippen LogP contribution >= 0.6 is 0 Å². The molecule has 2 saturated carbocycles. The Morgan fingerprint density at radius 1 is 1.38 bits per heavy atom. The van der Waals surface area contributed by atoms with Crippen LogP contribution in [0.15, 0.2) is 0 Å². The maximum Gasteiger partial charge on any atom is 0.207 e. The van der Waals surface area contributed by atoms with Crippen molar-refractivity contribution in [3.8, 4) is 0 Å². The molecule has 0 spiro atoms. The van der Waals surface area contributed by atoms with Gasteiger partial charge in [0, 0.05) is 6.04 Å². The summed E-state index contributed by atoms with van der Waals surface area (Å²) in [6.07, 6.45) is 4.67. The quantitative estimate of drug-likeness (QED) is 0.648. The van der Waals surface area contributed by atoms with Gasteiger partial charge in [0.1, 0.15) is 0 Å². The number of carbonyl (C=O) groups is 1. The zero-order chi connectivity index (χ0) is 9.69. The predicted octanol–water partition coefficient (Wildman–Crippen LogP) is 1.95. The minimum Gasteiger partial charge on any atom is -0.355 e. The van der Waals surface area contributed by atoms with Crippen LogP contribution in [0.2, 0.25) is 0 Å². The lowest BCUT2D eigenvalue weighted by Crippen LogP contribution is -2.43. The van der Waals surface area contributed by atoms with E-state index in [0.29, 0.717) is 16.9 Å². The first-order chi connectivity index (χ1) is 6.02. The molecule has 74 valence electrons. The van der Waals surface area contributed by atoms with Crippen LogP contribution in [0.25, 0.3) is 0 Å². The first-order valence-corrected chi connectivity index (χ1v) is 5.22. The normalized spacial score (nSPS) is 46.4. The van der Waals surface area contributed by atoms with E-state index in [-0.39, 0.29) is 0 Å². The zero-order valence-corrected chi connectivity index (χ0v) is 8.76. The van der Waals surface area contributed by atoms with Crippen molar-refractivity contribution >= 4 is 6.41 Å². The van der Waals surface area contributed by atoms with Crippen molar-refractivity contribution in [3.05, 3.63) is 0 Å². The molecule has 2 heteroatoms. The van der Waals surface area contributed by atoms with E-state index in [0.717, 1.165) is 12.3 Å². The van der Waals surface area contributed by atoms with Crippen molar-refractivity contribution in [2.75, 3.05) is 0 Å². The smallest absolute Gasteiger partial charge is 0.207 e. The molecule has 1 N–H and O–H groups in total. The summed E-state index contributed by atoms with van der Waals surface area (Å²) >= 11 is 0. The molecule has 2 aliphatic carbocycles. The number of hydrogen-bond acceptors (Lipinski definition) is 1. The van der Waals surface area contributed by atoms with E-state index in [1.807, 2.05) is 0 Å². The second-order valence-electron chi connectivity index (χ2n) is 5.45. The largest absolute Gasteiger partial charge is 0.355 e. The highest BCUT2D eigenvalue weighted by Crippen LogP contribution is 2.65. The van der Waals surface area contributed by atoms with E-state index in [9.17, 15) is 4.79 Å². The molecule has 3 atom stereocenters.